The average molecular weight is 386 g/mol. The number of phenolic OH excluding ortho intramolecular Hbond substituents is 1. The molecule has 26 heavy (non-hydrogen) atoms. The molecule has 0 atom stereocenters. The van der Waals surface area contributed by atoms with E-state index in [1.165, 1.54) is 29.5 Å². The second-order valence-electron chi connectivity index (χ2n) is 6.35. The van der Waals surface area contributed by atoms with E-state index in [2.05, 4.69) is 9.98 Å². The Morgan fingerprint density at radius 2 is 2.04 bits per heavy atom. The maximum atomic E-state index is 13.1. The normalized spacial score (nSPS) is 21.8. The molecule has 5 nitrogen and oxygen atoms in total. The van der Waals surface area contributed by atoms with Gasteiger partial charge in [-0.05, 0) is 36.7 Å². The summed E-state index contributed by atoms with van der Waals surface area (Å²) >= 11 is 2.82. The summed E-state index contributed by atoms with van der Waals surface area (Å²) in [7, 11) is 0. The predicted molar refractivity (Wildman–Crippen MR) is 107 cm³/mol. The van der Waals surface area contributed by atoms with E-state index in [4.69, 9.17) is 0 Å². The van der Waals surface area contributed by atoms with Crippen molar-refractivity contribution in [1.82, 2.24) is 9.88 Å². The third-order valence-corrected chi connectivity index (χ3v) is 6.26. The van der Waals surface area contributed by atoms with Gasteiger partial charge in [0.25, 0.3) is 5.91 Å². The molecule has 1 aromatic carbocycles. The third kappa shape index (κ3) is 3.54. The topological polar surface area (TPSA) is 65.8 Å². The zero-order chi connectivity index (χ0) is 17.9. The molecule has 2 aliphatic rings. The number of aromatic nitrogens is 1. The number of carbonyl (C=O) groups excluding carboxylic acids is 1. The van der Waals surface area contributed by atoms with E-state index >= 15 is 0 Å². The van der Waals surface area contributed by atoms with E-state index < -0.39 is 0 Å². The van der Waals surface area contributed by atoms with Crippen LogP contribution in [0, 0.1) is 0 Å². The van der Waals surface area contributed by atoms with Crippen LogP contribution in [0.1, 0.15) is 37.7 Å². The number of phenols is 1. The summed E-state index contributed by atoms with van der Waals surface area (Å²) in [6, 6.07) is 7.24. The Balaban J connectivity index is 1.70. The zero-order valence-corrected chi connectivity index (χ0v) is 15.8. The van der Waals surface area contributed by atoms with Crippen LogP contribution in [0.4, 0.5) is 5.13 Å². The number of thiazole rings is 1. The van der Waals surface area contributed by atoms with Crippen molar-refractivity contribution in [3.05, 3.63) is 46.3 Å². The summed E-state index contributed by atoms with van der Waals surface area (Å²) in [4.78, 5) is 24.4. The number of rotatable bonds is 3. The van der Waals surface area contributed by atoms with Gasteiger partial charge < -0.3 is 5.11 Å². The Kier molecular flexibility index (Phi) is 5.08. The van der Waals surface area contributed by atoms with Gasteiger partial charge in [0.05, 0.1) is 4.91 Å². The Morgan fingerprint density at radius 1 is 1.23 bits per heavy atom. The zero-order valence-electron chi connectivity index (χ0n) is 14.2. The number of carbonyl (C=O) groups is 1. The second kappa shape index (κ2) is 7.63. The van der Waals surface area contributed by atoms with Crippen LogP contribution in [0.25, 0.3) is 6.08 Å². The number of hydrogen-bond acceptors (Lipinski definition) is 6. The first kappa shape index (κ1) is 17.3. The fourth-order valence-electron chi connectivity index (χ4n) is 3.33. The lowest BCUT2D eigenvalue weighted by Gasteiger charge is -2.30. The molecule has 4 rings (SSSR count). The van der Waals surface area contributed by atoms with E-state index in [-0.39, 0.29) is 17.7 Å². The summed E-state index contributed by atoms with van der Waals surface area (Å²) in [6.45, 7) is 0. The van der Waals surface area contributed by atoms with Gasteiger partial charge in [-0.15, -0.1) is 11.3 Å². The summed E-state index contributed by atoms with van der Waals surface area (Å²) in [6.07, 6.45) is 8.99. The molecule has 2 aromatic rings. The number of hydrogen-bond donors (Lipinski definition) is 1. The van der Waals surface area contributed by atoms with Crippen molar-refractivity contribution in [3.8, 4) is 5.75 Å². The highest BCUT2D eigenvalue weighted by molar-refractivity contribution is 8.18. The number of benzene rings is 1. The van der Waals surface area contributed by atoms with Crippen LogP contribution in [-0.2, 0) is 4.79 Å². The molecule has 1 aromatic heterocycles. The van der Waals surface area contributed by atoms with Gasteiger partial charge in [-0.2, -0.15) is 4.99 Å². The number of amidine groups is 1. The molecule has 2 heterocycles. The van der Waals surface area contributed by atoms with Gasteiger partial charge in [0.2, 0.25) is 5.13 Å². The van der Waals surface area contributed by atoms with Crippen molar-refractivity contribution in [2.45, 2.75) is 38.1 Å². The quantitative estimate of drug-likeness (QED) is 0.772. The molecule has 1 N–H and O–H groups in total. The van der Waals surface area contributed by atoms with Crippen molar-refractivity contribution in [3.63, 3.8) is 0 Å². The minimum atomic E-state index is -0.0274. The fourth-order valence-corrected chi connectivity index (χ4v) is 4.92. The lowest BCUT2D eigenvalue weighted by atomic mass is 9.94. The van der Waals surface area contributed by atoms with Crippen LogP contribution in [0.15, 0.2) is 45.7 Å². The molecule has 1 saturated carbocycles. The first-order chi connectivity index (χ1) is 12.7. The molecule has 2 fully saturated rings. The molecule has 7 heteroatoms. The highest BCUT2D eigenvalue weighted by atomic mass is 32.2. The maximum Gasteiger partial charge on any atom is 0.267 e. The van der Waals surface area contributed by atoms with Gasteiger partial charge in [0, 0.05) is 23.2 Å². The van der Waals surface area contributed by atoms with E-state index in [0.29, 0.717) is 20.8 Å². The molecule has 0 bridgehead atoms. The van der Waals surface area contributed by atoms with Crippen LogP contribution in [0.2, 0.25) is 0 Å². The second-order valence-corrected chi connectivity index (χ2v) is 8.23. The summed E-state index contributed by atoms with van der Waals surface area (Å²) in [5.41, 5.74) is 0.641. The highest BCUT2D eigenvalue weighted by Crippen LogP contribution is 2.39. The molecule has 1 aliphatic heterocycles. The van der Waals surface area contributed by atoms with Crippen LogP contribution in [-0.4, -0.2) is 32.1 Å². The average Bonchev–Trinajstić information content (AvgIpc) is 3.27. The number of aliphatic imine (C=N–C) groups is 1. The van der Waals surface area contributed by atoms with Crippen molar-refractivity contribution < 1.29 is 9.90 Å². The van der Waals surface area contributed by atoms with E-state index in [9.17, 15) is 9.90 Å². The van der Waals surface area contributed by atoms with Gasteiger partial charge in [-0.1, -0.05) is 37.5 Å². The van der Waals surface area contributed by atoms with Crippen molar-refractivity contribution in [1.29, 1.82) is 0 Å². The number of nitrogens with zero attached hydrogens (tertiary/aromatic N) is 3. The summed E-state index contributed by atoms with van der Waals surface area (Å²) < 4.78 is 0. The highest BCUT2D eigenvalue weighted by Gasteiger charge is 2.38. The van der Waals surface area contributed by atoms with Gasteiger partial charge in [-0.25, -0.2) is 4.98 Å². The first-order valence-electron chi connectivity index (χ1n) is 8.71. The maximum absolute atomic E-state index is 13.1. The molecule has 1 saturated heterocycles. The minimum Gasteiger partial charge on any atom is -0.507 e. The Morgan fingerprint density at radius 3 is 2.77 bits per heavy atom. The molecule has 0 spiro atoms. The van der Waals surface area contributed by atoms with Crippen LogP contribution in [0.5, 0.6) is 5.75 Å². The Labute approximate surface area is 160 Å². The van der Waals surface area contributed by atoms with Crippen LogP contribution < -0.4 is 0 Å². The van der Waals surface area contributed by atoms with Crippen LogP contribution >= 0.6 is 23.1 Å². The lowest BCUT2D eigenvalue weighted by Crippen LogP contribution is -2.40. The number of para-hydroxylation sites is 1. The molecular weight excluding hydrogens is 366 g/mol. The number of aromatic hydroxyl groups is 1. The SMILES string of the molecule is O=C1/C(=C/c2ccccc2O)S/C(=N/c2nccs2)N1C1CCCCC1. The lowest BCUT2D eigenvalue weighted by molar-refractivity contribution is -0.124. The number of amides is 1. The first-order valence-corrected chi connectivity index (χ1v) is 10.4. The Bertz CT molecular complexity index is 855. The minimum absolute atomic E-state index is 0.0274. The van der Waals surface area contributed by atoms with E-state index in [1.807, 2.05) is 16.3 Å². The molecule has 0 unspecified atom stereocenters. The summed E-state index contributed by atoms with van der Waals surface area (Å²) in [5.74, 6) is 0.142. The van der Waals surface area contributed by atoms with Crippen molar-refractivity contribution in [2.75, 3.05) is 0 Å². The smallest absolute Gasteiger partial charge is 0.267 e. The van der Waals surface area contributed by atoms with Crippen molar-refractivity contribution in [2.24, 2.45) is 4.99 Å². The van der Waals surface area contributed by atoms with Gasteiger partial charge in [-0.3, -0.25) is 9.69 Å². The predicted octanol–water partition coefficient (Wildman–Crippen LogP) is 4.79. The molecular formula is C19H19N3O2S2. The monoisotopic (exact) mass is 385 g/mol. The third-order valence-electron chi connectivity index (χ3n) is 4.61. The van der Waals surface area contributed by atoms with Gasteiger partial charge >= 0.3 is 0 Å². The van der Waals surface area contributed by atoms with Crippen molar-refractivity contribution >= 4 is 45.4 Å². The standard InChI is InChI=1S/C19H19N3O2S2/c23-15-9-5-4-6-13(15)12-16-17(24)22(14-7-2-1-3-8-14)19(26-16)21-18-20-10-11-25-18/h4-6,9-12,14,23H,1-3,7-8H2/b16-12-,21-19+. The largest absolute Gasteiger partial charge is 0.507 e. The Hall–Kier alpha value is -2.12. The van der Waals surface area contributed by atoms with E-state index in [1.54, 1.807) is 30.5 Å². The fraction of sp³-hybridized carbons (Fsp3) is 0.316. The van der Waals surface area contributed by atoms with E-state index in [0.717, 1.165) is 25.7 Å². The summed E-state index contributed by atoms with van der Waals surface area (Å²) in [5, 5.41) is 13.3. The molecule has 1 amide bonds. The molecule has 134 valence electrons. The molecule has 1 aliphatic carbocycles. The van der Waals surface area contributed by atoms with Crippen LogP contribution in [0.3, 0.4) is 0 Å². The van der Waals surface area contributed by atoms with Gasteiger partial charge in [0.1, 0.15) is 5.75 Å². The number of thioether (sulfide) groups is 1. The van der Waals surface area contributed by atoms with Gasteiger partial charge in [0.15, 0.2) is 5.17 Å². The molecule has 0 radical (unpaired) electrons.